The lowest BCUT2D eigenvalue weighted by Gasteiger charge is -2.16. The van der Waals surface area contributed by atoms with Gasteiger partial charge in [0.05, 0.1) is 37.3 Å². The number of anilines is 2. The number of hydrogen-bond donors (Lipinski definition) is 2. The zero-order valence-corrected chi connectivity index (χ0v) is 20.0. The van der Waals surface area contributed by atoms with Crippen LogP contribution in [0.15, 0.2) is 42.6 Å². The standard InChI is InChI=1S/C26H32N4O4/c1-4-18(5-2)28-19-14-21-22(29-25(31)17-10-7-6-8-11-17)23(26(32)33-3)30(24(21)27-15-19)16-20-12-9-13-34-20/h6-8,10-11,14-15,18,20,28H,4-5,9,12-13,16H2,1-3H3,(H,29,31). The van der Waals surface area contributed by atoms with Gasteiger partial charge in [-0.2, -0.15) is 0 Å². The van der Waals surface area contributed by atoms with Gasteiger partial charge in [0.2, 0.25) is 0 Å². The first-order chi connectivity index (χ1) is 16.5. The Labute approximate surface area is 199 Å². The van der Waals surface area contributed by atoms with E-state index in [0.29, 0.717) is 41.5 Å². The number of carbonyl (C=O) groups excluding carboxylic acids is 2. The van der Waals surface area contributed by atoms with Gasteiger partial charge in [-0.25, -0.2) is 9.78 Å². The predicted molar refractivity (Wildman–Crippen MR) is 132 cm³/mol. The molecule has 8 nitrogen and oxygen atoms in total. The summed E-state index contributed by atoms with van der Waals surface area (Å²) in [5.41, 5.74) is 2.60. The number of benzene rings is 1. The normalized spacial score (nSPS) is 15.6. The molecule has 0 radical (unpaired) electrons. The zero-order valence-electron chi connectivity index (χ0n) is 20.0. The van der Waals surface area contributed by atoms with Crippen molar-refractivity contribution < 1.29 is 19.1 Å². The minimum atomic E-state index is -0.533. The molecular weight excluding hydrogens is 432 g/mol. The van der Waals surface area contributed by atoms with Gasteiger partial charge < -0.3 is 24.7 Å². The maximum Gasteiger partial charge on any atom is 0.356 e. The van der Waals surface area contributed by atoms with Gasteiger partial charge >= 0.3 is 5.97 Å². The number of methoxy groups -OCH3 is 1. The fourth-order valence-electron chi connectivity index (χ4n) is 4.41. The monoisotopic (exact) mass is 464 g/mol. The van der Waals surface area contributed by atoms with E-state index >= 15 is 0 Å². The molecule has 1 amide bonds. The van der Waals surface area contributed by atoms with Gasteiger partial charge in [-0.1, -0.05) is 32.0 Å². The third-order valence-corrected chi connectivity index (χ3v) is 6.32. The third kappa shape index (κ3) is 4.92. The van der Waals surface area contributed by atoms with Gasteiger partial charge in [-0.15, -0.1) is 0 Å². The van der Waals surface area contributed by atoms with E-state index in [1.54, 1.807) is 30.5 Å². The number of fused-ring (bicyclic) bond motifs is 1. The molecule has 0 saturated carbocycles. The molecule has 1 aromatic carbocycles. The van der Waals surface area contributed by atoms with E-state index in [4.69, 9.17) is 14.5 Å². The van der Waals surface area contributed by atoms with Crippen LogP contribution in [0.5, 0.6) is 0 Å². The van der Waals surface area contributed by atoms with Crippen LogP contribution in [0.25, 0.3) is 11.0 Å². The zero-order chi connectivity index (χ0) is 24.1. The highest BCUT2D eigenvalue weighted by molar-refractivity contribution is 6.14. The van der Waals surface area contributed by atoms with Crippen molar-refractivity contribution in [2.45, 2.75) is 58.2 Å². The topological polar surface area (TPSA) is 94.5 Å². The van der Waals surface area contributed by atoms with Crippen molar-refractivity contribution in [2.75, 3.05) is 24.4 Å². The Morgan fingerprint density at radius 2 is 2.00 bits per heavy atom. The molecule has 1 atom stereocenters. The predicted octanol–water partition coefficient (Wildman–Crippen LogP) is 4.85. The van der Waals surface area contributed by atoms with Gasteiger partial charge in [0.1, 0.15) is 5.65 Å². The summed E-state index contributed by atoms with van der Waals surface area (Å²) in [7, 11) is 1.34. The van der Waals surface area contributed by atoms with Gasteiger partial charge in [0.15, 0.2) is 5.69 Å². The molecule has 34 heavy (non-hydrogen) atoms. The van der Waals surface area contributed by atoms with Crippen LogP contribution in [0.4, 0.5) is 11.4 Å². The number of esters is 1. The van der Waals surface area contributed by atoms with Crippen LogP contribution >= 0.6 is 0 Å². The molecule has 2 aromatic heterocycles. The van der Waals surface area contributed by atoms with Crippen LogP contribution < -0.4 is 10.6 Å². The molecule has 3 aromatic rings. The van der Waals surface area contributed by atoms with Crippen molar-refractivity contribution in [3.05, 3.63) is 53.9 Å². The molecule has 1 aliphatic rings. The van der Waals surface area contributed by atoms with Crippen LogP contribution in [0.3, 0.4) is 0 Å². The Morgan fingerprint density at radius 3 is 2.65 bits per heavy atom. The summed E-state index contributed by atoms with van der Waals surface area (Å²) in [4.78, 5) is 30.8. The number of pyridine rings is 1. The molecule has 1 fully saturated rings. The number of hydrogen-bond acceptors (Lipinski definition) is 6. The van der Waals surface area contributed by atoms with E-state index in [2.05, 4.69) is 24.5 Å². The Bertz CT molecular complexity index is 1150. The number of ether oxygens (including phenoxy) is 2. The summed E-state index contributed by atoms with van der Waals surface area (Å²) in [6, 6.07) is 11.2. The molecule has 0 aliphatic carbocycles. The summed E-state index contributed by atoms with van der Waals surface area (Å²) in [6.07, 6.45) is 5.57. The minimum absolute atomic E-state index is 0.0270. The number of aromatic nitrogens is 2. The van der Waals surface area contributed by atoms with Crippen LogP contribution in [0.1, 0.15) is 60.4 Å². The second kappa shape index (κ2) is 10.7. The van der Waals surface area contributed by atoms with Gasteiger partial charge in [-0.05, 0) is 43.9 Å². The van der Waals surface area contributed by atoms with E-state index in [9.17, 15) is 9.59 Å². The smallest absolute Gasteiger partial charge is 0.356 e. The van der Waals surface area contributed by atoms with Crippen LogP contribution in [-0.4, -0.2) is 47.3 Å². The molecule has 8 heteroatoms. The number of amides is 1. The number of nitrogens with one attached hydrogen (secondary N) is 2. The lowest BCUT2D eigenvalue weighted by atomic mass is 10.1. The van der Waals surface area contributed by atoms with E-state index in [1.165, 1.54) is 7.11 Å². The van der Waals surface area contributed by atoms with E-state index in [-0.39, 0.29) is 17.7 Å². The second-order valence-corrected chi connectivity index (χ2v) is 8.53. The highest BCUT2D eigenvalue weighted by Gasteiger charge is 2.29. The molecule has 1 aliphatic heterocycles. The Hall–Kier alpha value is -3.39. The quantitative estimate of drug-likeness (QED) is 0.440. The molecule has 180 valence electrons. The maximum absolute atomic E-state index is 13.1. The summed E-state index contributed by atoms with van der Waals surface area (Å²) in [5, 5.41) is 7.15. The Morgan fingerprint density at radius 1 is 1.24 bits per heavy atom. The number of nitrogens with zero attached hydrogens (tertiary/aromatic N) is 2. The summed E-state index contributed by atoms with van der Waals surface area (Å²) in [5.74, 6) is -0.839. The average molecular weight is 465 g/mol. The van der Waals surface area contributed by atoms with Crippen molar-refractivity contribution in [1.29, 1.82) is 0 Å². The van der Waals surface area contributed by atoms with Gasteiger partial charge in [0, 0.05) is 23.6 Å². The van der Waals surface area contributed by atoms with Crippen molar-refractivity contribution >= 4 is 34.3 Å². The molecule has 0 bridgehead atoms. The highest BCUT2D eigenvalue weighted by Crippen LogP contribution is 2.34. The first kappa shape index (κ1) is 23.8. The SMILES string of the molecule is CCC(CC)Nc1cnc2c(c1)c(NC(=O)c1ccccc1)c(C(=O)OC)n2CC1CCCO1. The average Bonchev–Trinajstić information content (AvgIpc) is 3.49. The fraction of sp³-hybridized carbons (Fsp3) is 0.423. The van der Waals surface area contributed by atoms with Gasteiger partial charge in [0.25, 0.3) is 5.91 Å². The number of carbonyl (C=O) groups is 2. The molecule has 2 N–H and O–H groups in total. The highest BCUT2D eigenvalue weighted by atomic mass is 16.5. The largest absolute Gasteiger partial charge is 0.464 e. The summed E-state index contributed by atoms with van der Waals surface area (Å²) < 4.78 is 12.8. The lowest BCUT2D eigenvalue weighted by Crippen LogP contribution is -2.21. The maximum atomic E-state index is 13.1. The van der Waals surface area contributed by atoms with Crippen LogP contribution in [0.2, 0.25) is 0 Å². The van der Waals surface area contributed by atoms with Crippen molar-refractivity contribution in [3.8, 4) is 0 Å². The molecule has 4 rings (SSSR count). The molecule has 1 unspecified atom stereocenters. The van der Waals surface area contributed by atoms with Crippen LogP contribution in [0, 0.1) is 0 Å². The van der Waals surface area contributed by atoms with E-state index in [0.717, 1.165) is 31.4 Å². The van der Waals surface area contributed by atoms with E-state index in [1.807, 2.05) is 16.7 Å². The molecular formula is C26H32N4O4. The fourth-order valence-corrected chi connectivity index (χ4v) is 4.41. The lowest BCUT2D eigenvalue weighted by molar-refractivity contribution is 0.0580. The molecule has 1 saturated heterocycles. The van der Waals surface area contributed by atoms with Crippen LogP contribution in [-0.2, 0) is 16.0 Å². The minimum Gasteiger partial charge on any atom is -0.464 e. The second-order valence-electron chi connectivity index (χ2n) is 8.53. The third-order valence-electron chi connectivity index (χ3n) is 6.32. The van der Waals surface area contributed by atoms with Gasteiger partial charge in [-0.3, -0.25) is 4.79 Å². The first-order valence-corrected chi connectivity index (χ1v) is 11.9. The van der Waals surface area contributed by atoms with E-state index < -0.39 is 5.97 Å². The molecule has 0 spiro atoms. The summed E-state index contributed by atoms with van der Waals surface area (Å²) >= 11 is 0. The summed E-state index contributed by atoms with van der Waals surface area (Å²) in [6.45, 7) is 5.42. The van der Waals surface area contributed by atoms with Crippen molar-refractivity contribution in [3.63, 3.8) is 0 Å². The van der Waals surface area contributed by atoms with Crippen molar-refractivity contribution in [2.24, 2.45) is 0 Å². The van der Waals surface area contributed by atoms with Crippen molar-refractivity contribution in [1.82, 2.24) is 9.55 Å². The first-order valence-electron chi connectivity index (χ1n) is 11.9. The Balaban J connectivity index is 1.84. The number of rotatable bonds is 9. The molecule has 3 heterocycles. The Kier molecular flexibility index (Phi) is 7.47.